The molecule has 1 aliphatic rings. The van der Waals surface area contributed by atoms with Crippen molar-refractivity contribution in [1.82, 2.24) is 5.32 Å². The summed E-state index contributed by atoms with van der Waals surface area (Å²) in [5, 5.41) is 31.3. The Kier molecular flexibility index (Phi) is 6.67. The molecule has 0 saturated carbocycles. The first kappa shape index (κ1) is 23.2. The standard InChI is InChI=1S/C16H17F6NO6/c1-6(25)23-11-13(27)12(26)10(5-24)29-14(11)28-9-3-7(15(17,18)19)2-8(4-9)16(20,21)22/h2-4,10-14,24,26-27H,5H2,1H3,(H,23,25)/t10-,11+,12+,13-,14+/m1/s1. The van der Waals surface area contributed by atoms with Gasteiger partial charge >= 0.3 is 12.4 Å². The van der Waals surface area contributed by atoms with E-state index >= 15 is 0 Å². The second-order valence-corrected chi connectivity index (χ2v) is 6.29. The Morgan fingerprint density at radius 1 is 1.07 bits per heavy atom. The first-order valence-corrected chi connectivity index (χ1v) is 8.09. The summed E-state index contributed by atoms with van der Waals surface area (Å²) in [6, 6.07) is -1.08. The van der Waals surface area contributed by atoms with E-state index < -0.39 is 72.4 Å². The topological polar surface area (TPSA) is 108 Å². The molecule has 0 radical (unpaired) electrons. The summed E-state index contributed by atoms with van der Waals surface area (Å²) in [7, 11) is 0. The predicted molar refractivity (Wildman–Crippen MR) is 82.4 cm³/mol. The molecule has 5 atom stereocenters. The lowest BCUT2D eigenvalue weighted by Gasteiger charge is -2.42. The maximum atomic E-state index is 13.0. The number of ether oxygens (including phenoxy) is 2. The number of alkyl halides is 6. The molecule has 0 bridgehead atoms. The van der Waals surface area contributed by atoms with Crippen molar-refractivity contribution >= 4 is 5.91 Å². The van der Waals surface area contributed by atoms with Crippen LogP contribution in [0.2, 0.25) is 0 Å². The van der Waals surface area contributed by atoms with E-state index in [0.29, 0.717) is 0 Å². The summed E-state index contributed by atoms with van der Waals surface area (Å²) in [5.74, 6) is -1.66. The summed E-state index contributed by atoms with van der Waals surface area (Å²) >= 11 is 0. The SMILES string of the molecule is CC(=O)N[C@@H]1[C@@H](Oc2cc(C(F)(F)F)cc(C(F)(F)F)c2)O[C@H](CO)[C@H](O)[C@@H]1O. The van der Waals surface area contributed by atoms with Gasteiger partial charge in [-0.3, -0.25) is 4.79 Å². The van der Waals surface area contributed by atoms with Crippen LogP contribution in [0.4, 0.5) is 26.3 Å². The van der Waals surface area contributed by atoms with Crippen molar-refractivity contribution < 1.29 is 55.9 Å². The number of amides is 1. The highest BCUT2D eigenvalue weighted by atomic mass is 19.4. The second-order valence-electron chi connectivity index (χ2n) is 6.29. The molecule has 0 aliphatic carbocycles. The smallest absolute Gasteiger partial charge is 0.416 e. The maximum Gasteiger partial charge on any atom is 0.416 e. The van der Waals surface area contributed by atoms with E-state index in [1.807, 2.05) is 0 Å². The Morgan fingerprint density at radius 2 is 1.59 bits per heavy atom. The molecule has 0 spiro atoms. The number of carbonyl (C=O) groups is 1. The van der Waals surface area contributed by atoms with Crippen molar-refractivity contribution in [2.45, 2.75) is 49.9 Å². The van der Waals surface area contributed by atoms with Crippen molar-refractivity contribution in [3.05, 3.63) is 29.3 Å². The lowest BCUT2D eigenvalue weighted by atomic mass is 9.97. The number of nitrogens with one attached hydrogen (secondary N) is 1. The molecule has 1 aromatic carbocycles. The van der Waals surface area contributed by atoms with Crippen LogP contribution in [-0.4, -0.2) is 58.5 Å². The lowest BCUT2D eigenvalue weighted by Crippen LogP contribution is -2.65. The molecule has 2 rings (SSSR count). The van der Waals surface area contributed by atoms with Crippen molar-refractivity contribution in [3.8, 4) is 5.75 Å². The molecular formula is C16H17F6NO6. The zero-order valence-corrected chi connectivity index (χ0v) is 14.7. The molecule has 4 N–H and O–H groups in total. The molecule has 1 heterocycles. The first-order valence-electron chi connectivity index (χ1n) is 8.09. The number of hydrogen-bond acceptors (Lipinski definition) is 6. The van der Waals surface area contributed by atoms with Gasteiger partial charge in [0, 0.05) is 6.92 Å². The predicted octanol–water partition coefficient (Wildman–Crippen LogP) is 1.05. The van der Waals surface area contributed by atoms with E-state index in [4.69, 9.17) is 9.47 Å². The summed E-state index contributed by atoms with van der Waals surface area (Å²) in [5.41, 5.74) is -3.29. The fourth-order valence-electron chi connectivity index (χ4n) is 2.70. The Morgan fingerprint density at radius 3 is 2.00 bits per heavy atom. The minimum atomic E-state index is -5.12. The highest BCUT2D eigenvalue weighted by molar-refractivity contribution is 5.73. The third-order valence-electron chi connectivity index (χ3n) is 4.06. The summed E-state index contributed by atoms with van der Waals surface area (Å²) in [6.07, 6.45) is -17.0. The number of benzene rings is 1. The van der Waals surface area contributed by atoms with Crippen molar-refractivity contribution in [2.75, 3.05) is 6.61 Å². The molecule has 1 amide bonds. The van der Waals surface area contributed by atoms with Crippen LogP contribution in [0.1, 0.15) is 18.1 Å². The van der Waals surface area contributed by atoms with Gasteiger partial charge in [0.2, 0.25) is 12.2 Å². The van der Waals surface area contributed by atoms with Crippen LogP contribution in [0.3, 0.4) is 0 Å². The third kappa shape index (κ3) is 5.50. The molecule has 13 heteroatoms. The highest BCUT2D eigenvalue weighted by Crippen LogP contribution is 2.39. The summed E-state index contributed by atoms with van der Waals surface area (Å²) in [4.78, 5) is 11.3. The van der Waals surface area contributed by atoms with Crippen LogP contribution in [0.5, 0.6) is 5.75 Å². The fraction of sp³-hybridized carbons (Fsp3) is 0.562. The zero-order valence-electron chi connectivity index (χ0n) is 14.7. The molecule has 164 valence electrons. The lowest BCUT2D eigenvalue weighted by molar-refractivity contribution is -0.244. The van der Waals surface area contributed by atoms with Gasteiger partial charge in [0.05, 0.1) is 17.7 Å². The third-order valence-corrected chi connectivity index (χ3v) is 4.06. The minimum Gasteiger partial charge on any atom is -0.463 e. The molecule has 1 fully saturated rings. The van der Waals surface area contributed by atoms with Gasteiger partial charge in [-0.15, -0.1) is 0 Å². The van der Waals surface area contributed by atoms with Crippen LogP contribution in [-0.2, 0) is 21.9 Å². The van der Waals surface area contributed by atoms with Crippen LogP contribution < -0.4 is 10.1 Å². The Balaban J connectivity index is 2.43. The number of carbonyl (C=O) groups excluding carboxylic acids is 1. The minimum absolute atomic E-state index is 0.102. The molecule has 29 heavy (non-hydrogen) atoms. The van der Waals surface area contributed by atoms with E-state index in [9.17, 15) is 46.5 Å². The molecule has 0 unspecified atom stereocenters. The van der Waals surface area contributed by atoms with Gasteiger partial charge < -0.3 is 30.1 Å². The van der Waals surface area contributed by atoms with Crippen molar-refractivity contribution in [2.24, 2.45) is 0 Å². The molecule has 1 aliphatic heterocycles. The van der Waals surface area contributed by atoms with E-state index in [1.54, 1.807) is 0 Å². The molecule has 0 aromatic heterocycles. The fourth-order valence-corrected chi connectivity index (χ4v) is 2.70. The van der Waals surface area contributed by atoms with E-state index in [1.165, 1.54) is 0 Å². The van der Waals surface area contributed by atoms with Crippen LogP contribution in [0, 0.1) is 0 Å². The first-order chi connectivity index (χ1) is 13.2. The van der Waals surface area contributed by atoms with Crippen LogP contribution in [0.15, 0.2) is 18.2 Å². The van der Waals surface area contributed by atoms with Gasteiger partial charge in [0.15, 0.2) is 0 Å². The Bertz CT molecular complexity index is 707. The highest BCUT2D eigenvalue weighted by Gasteiger charge is 2.46. The molecule has 1 saturated heterocycles. The monoisotopic (exact) mass is 433 g/mol. The van der Waals surface area contributed by atoms with E-state index in [-0.39, 0.29) is 18.2 Å². The average Bonchev–Trinajstić information content (AvgIpc) is 2.59. The average molecular weight is 433 g/mol. The maximum absolute atomic E-state index is 13.0. The van der Waals surface area contributed by atoms with Gasteiger partial charge in [-0.1, -0.05) is 0 Å². The summed E-state index contributed by atoms with van der Waals surface area (Å²) < 4.78 is 88.1. The normalized spacial score (nSPS) is 28.1. The Labute approximate surface area is 159 Å². The number of aliphatic hydroxyl groups excluding tert-OH is 3. The van der Waals surface area contributed by atoms with Crippen molar-refractivity contribution in [1.29, 1.82) is 0 Å². The molecular weight excluding hydrogens is 416 g/mol. The molecule has 1 aromatic rings. The second kappa shape index (κ2) is 8.34. The van der Waals surface area contributed by atoms with Gasteiger partial charge in [0.25, 0.3) is 0 Å². The van der Waals surface area contributed by atoms with Gasteiger partial charge in [0.1, 0.15) is 30.1 Å². The van der Waals surface area contributed by atoms with E-state index in [2.05, 4.69) is 5.32 Å². The molecule has 7 nitrogen and oxygen atoms in total. The van der Waals surface area contributed by atoms with Gasteiger partial charge in [-0.2, -0.15) is 26.3 Å². The van der Waals surface area contributed by atoms with Crippen LogP contribution in [0.25, 0.3) is 0 Å². The van der Waals surface area contributed by atoms with Gasteiger partial charge in [-0.25, -0.2) is 0 Å². The number of rotatable bonds is 4. The quantitative estimate of drug-likeness (QED) is 0.529. The van der Waals surface area contributed by atoms with Crippen LogP contribution >= 0.6 is 0 Å². The van der Waals surface area contributed by atoms with Crippen molar-refractivity contribution in [3.63, 3.8) is 0 Å². The van der Waals surface area contributed by atoms with E-state index in [0.717, 1.165) is 6.92 Å². The zero-order chi connectivity index (χ0) is 22.1. The number of halogens is 6. The Hall–Kier alpha value is -2.09. The number of aliphatic hydroxyl groups is 3. The van der Waals surface area contributed by atoms with Gasteiger partial charge in [-0.05, 0) is 18.2 Å². The number of hydrogen-bond donors (Lipinski definition) is 4. The largest absolute Gasteiger partial charge is 0.463 e. The summed E-state index contributed by atoms with van der Waals surface area (Å²) in [6.45, 7) is 0.168.